The van der Waals surface area contributed by atoms with E-state index in [1.54, 1.807) is 0 Å². The van der Waals surface area contributed by atoms with Crippen LogP contribution in [0.15, 0.2) is 40.3 Å². The van der Waals surface area contributed by atoms with E-state index in [-0.39, 0.29) is 50.5 Å². The van der Waals surface area contributed by atoms with Crippen LogP contribution >= 0.6 is 0 Å². The van der Waals surface area contributed by atoms with Crippen LogP contribution in [0, 0.1) is 29.2 Å². The van der Waals surface area contributed by atoms with E-state index in [1.165, 1.54) is 24.0 Å². The minimum absolute atomic E-state index is 0.00127. The smallest absolute Gasteiger partial charge is 0.410 e. The van der Waals surface area contributed by atoms with Gasteiger partial charge >= 0.3 is 6.09 Å². The van der Waals surface area contributed by atoms with Gasteiger partial charge in [0.05, 0.1) is 14.2 Å². The van der Waals surface area contributed by atoms with Gasteiger partial charge in [0.1, 0.15) is 24.4 Å². The van der Waals surface area contributed by atoms with Gasteiger partial charge < -0.3 is 24.0 Å². The van der Waals surface area contributed by atoms with Crippen LogP contribution in [0.2, 0.25) is 0 Å². The largest absolute Gasteiger partial charge is 0.483 e. The van der Waals surface area contributed by atoms with Crippen molar-refractivity contribution in [3.05, 3.63) is 64.7 Å². The molecular weight excluding hydrogens is 532 g/mol. The van der Waals surface area contributed by atoms with Crippen molar-refractivity contribution >= 4 is 23.6 Å². The van der Waals surface area contributed by atoms with E-state index in [2.05, 4.69) is 9.98 Å². The lowest BCUT2D eigenvalue weighted by Gasteiger charge is -2.36. The van der Waals surface area contributed by atoms with Gasteiger partial charge in [-0.05, 0) is 11.5 Å². The number of benzene rings is 2. The summed E-state index contributed by atoms with van der Waals surface area (Å²) in [4.78, 5) is 23.8. The Bertz CT molecular complexity index is 1250. The van der Waals surface area contributed by atoms with Gasteiger partial charge in [-0.1, -0.05) is 44.2 Å². The average molecular weight is 565 g/mol. The minimum atomic E-state index is -1.52. The third kappa shape index (κ3) is 6.00. The Labute approximate surface area is 230 Å². The highest BCUT2D eigenvalue weighted by atomic mass is 19.2. The second-order valence-electron chi connectivity index (χ2n) is 9.85. The first-order valence-electron chi connectivity index (χ1n) is 12.9. The normalized spacial score (nSPS) is 19.3. The SMILES string of the molecule is COC1=N[C@H](Cc2c(F)c(F)c(N3CCN(C(=O)OCc4ccccc4)CC3)c(F)c2F)C(OC)=N[C@H]1C(C)C. The van der Waals surface area contributed by atoms with Crippen LogP contribution in [0.4, 0.5) is 28.0 Å². The lowest BCUT2D eigenvalue weighted by molar-refractivity contribution is 0.0941. The zero-order valence-corrected chi connectivity index (χ0v) is 22.8. The van der Waals surface area contributed by atoms with Crippen molar-refractivity contribution in [2.45, 2.75) is 39.0 Å². The molecule has 2 aromatic rings. The van der Waals surface area contributed by atoms with Crippen molar-refractivity contribution in [2.24, 2.45) is 15.9 Å². The number of ether oxygens (including phenoxy) is 3. The van der Waals surface area contributed by atoms with Crippen LogP contribution in [0.25, 0.3) is 0 Å². The summed E-state index contributed by atoms with van der Waals surface area (Å²) >= 11 is 0. The topological polar surface area (TPSA) is 76.0 Å². The monoisotopic (exact) mass is 564 g/mol. The molecule has 2 aromatic carbocycles. The number of halogens is 4. The van der Waals surface area contributed by atoms with Crippen LogP contribution in [0.1, 0.15) is 25.0 Å². The number of hydrogen-bond donors (Lipinski definition) is 0. The number of rotatable bonds is 6. The lowest BCUT2D eigenvalue weighted by Crippen LogP contribution is -2.49. The van der Waals surface area contributed by atoms with Crippen molar-refractivity contribution in [3.8, 4) is 0 Å². The molecule has 12 heteroatoms. The van der Waals surface area contributed by atoms with Crippen molar-refractivity contribution < 1.29 is 36.6 Å². The maximum atomic E-state index is 15.2. The Morgan fingerprint density at radius 3 is 2.05 bits per heavy atom. The van der Waals surface area contributed by atoms with Crippen molar-refractivity contribution in [1.29, 1.82) is 0 Å². The number of anilines is 1. The van der Waals surface area contributed by atoms with Crippen LogP contribution in [0.5, 0.6) is 0 Å². The highest BCUT2D eigenvalue weighted by Crippen LogP contribution is 2.33. The fourth-order valence-corrected chi connectivity index (χ4v) is 4.73. The maximum absolute atomic E-state index is 15.2. The van der Waals surface area contributed by atoms with Gasteiger partial charge in [0.2, 0.25) is 11.8 Å². The number of carbonyl (C=O) groups excluding carboxylic acids is 1. The third-order valence-electron chi connectivity index (χ3n) is 6.93. The summed E-state index contributed by atoms with van der Waals surface area (Å²) in [5.74, 6) is -5.76. The van der Waals surface area contributed by atoms with Crippen LogP contribution < -0.4 is 4.90 Å². The highest BCUT2D eigenvalue weighted by Gasteiger charge is 2.36. The molecular formula is C28H32F4N4O4. The second-order valence-corrected chi connectivity index (χ2v) is 9.85. The number of hydrogen-bond acceptors (Lipinski definition) is 7. The summed E-state index contributed by atoms with van der Waals surface area (Å²) in [7, 11) is 2.74. The zero-order chi connectivity index (χ0) is 29.0. The molecule has 0 bridgehead atoms. The third-order valence-corrected chi connectivity index (χ3v) is 6.93. The van der Waals surface area contributed by atoms with Crippen LogP contribution in [-0.4, -0.2) is 75.3 Å². The molecule has 0 aromatic heterocycles. The summed E-state index contributed by atoms with van der Waals surface area (Å²) in [5.41, 5.74) is -0.814. The molecule has 4 rings (SSSR count). The predicted molar refractivity (Wildman–Crippen MR) is 142 cm³/mol. The number of amides is 1. The number of piperazine rings is 1. The summed E-state index contributed by atoms with van der Waals surface area (Å²) < 4.78 is 76.9. The lowest BCUT2D eigenvalue weighted by atomic mass is 9.99. The molecule has 1 amide bonds. The van der Waals surface area contributed by atoms with E-state index in [4.69, 9.17) is 14.2 Å². The fourth-order valence-electron chi connectivity index (χ4n) is 4.73. The van der Waals surface area contributed by atoms with E-state index >= 15 is 17.6 Å². The molecule has 0 spiro atoms. The van der Waals surface area contributed by atoms with Crippen molar-refractivity contribution in [3.63, 3.8) is 0 Å². The van der Waals surface area contributed by atoms with Gasteiger partial charge in [-0.2, -0.15) is 0 Å². The molecule has 216 valence electrons. The Kier molecular flexibility index (Phi) is 9.16. The predicted octanol–water partition coefficient (Wildman–Crippen LogP) is 4.74. The summed E-state index contributed by atoms with van der Waals surface area (Å²) in [6.45, 7) is 3.88. The van der Waals surface area contributed by atoms with Gasteiger partial charge in [0.15, 0.2) is 23.3 Å². The zero-order valence-electron chi connectivity index (χ0n) is 22.8. The molecule has 2 aliphatic rings. The number of aliphatic imine (C=N–C) groups is 2. The molecule has 2 atom stereocenters. The Morgan fingerprint density at radius 2 is 1.50 bits per heavy atom. The van der Waals surface area contributed by atoms with Gasteiger partial charge in [0, 0.05) is 38.2 Å². The van der Waals surface area contributed by atoms with Crippen molar-refractivity contribution in [1.82, 2.24) is 4.90 Å². The highest BCUT2D eigenvalue weighted by molar-refractivity contribution is 5.94. The first kappa shape index (κ1) is 29.2. The summed E-state index contributed by atoms with van der Waals surface area (Å²) in [6, 6.07) is 7.61. The molecule has 40 heavy (non-hydrogen) atoms. The fraction of sp³-hybridized carbons (Fsp3) is 0.464. The Hall–Kier alpha value is -3.83. The maximum Gasteiger partial charge on any atom is 0.410 e. The van der Waals surface area contributed by atoms with Gasteiger partial charge in [-0.15, -0.1) is 0 Å². The molecule has 0 N–H and O–H groups in total. The number of methoxy groups -OCH3 is 2. The summed E-state index contributed by atoms with van der Waals surface area (Å²) in [5, 5.41) is 0. The summed E-state index contributed by atoms with van der Waals surface area (Å²) in [6.07, 6.45) is -1.12. The average Bonchev–Trinajstić information content (AvgIpc) is 2.97. The molecule has 0 aliphatic carbocycles. The molecule has 2 heterocycles. The van der Waals surface area contributed by atoms with Gasteiger partial charge in [-0.25, -0.2) is 32.3 Å². The molecule has 1 fully saturated rings. The molecule has 0 unspecified atom stereocenters. The second kappa shape index (κ2) is 12.6. The number of nitrogens with zero attached hydrogens (tertiary/aromatic N) is 4. The van der Waals surface area contributed by atoms with E-state index in [0.29, 0.717) is 0 Å². The van der Waals surface area contributed by atoms with Gasteiger partial charge in [0.25, 0.3) is 0 Å². The Balaban J connectivity index is 1.48. The Morgan fingerprint density at radius 1 is 0.900 bits per heavy atom. The molecule has 2 aliphatic heterocycles. The van der Waals surface area contributed by atoms with E-state index in [9.17, 15) is 4.79 Å². The first-order chi connectivity index (χ1) is 19.2. The van der Waals surface area contributed by atoms with Crippen LogP contribution in [0.3, 0.4) is 0 Å². The minimum Gasteiger partial charge on any atom is -0.483 e. The standard InChI is InChI=1S/C28H32F4N4O4/c1-16(2)24-27(39-4)33-19(26(34-24)38-3)14-18-20(29)22(31)25(23(32)21(18)30)35-10-12-36(13-11-35)28(37)40-15-17-8-6-5-7-9-17/h5-9,16,19,24H,10-15H2,1-4H3/t19-,24+/m1/s1. The van der Waals surface area contributed by atoms with Crippen LogP contribution in [-0.2, 0) is 27.2 Å². The van der Waals surface area contributed by atoms with Crippen molar-refractivity contribution in [2.75, 3.05) is 45.3 Å². The van der Waals surface area contributed by atoms with E-state index < -0.39 is 59.1 Å². The molecule has 0 saturated carbocycles. The van der Waals surface area contributed by atoms with E-state index in [1.807, 2.05) is 44.2 Å². The van der Waals surface area contributed by atoms with E-state index in [0.717, 1.165) is 5.56 Å². The molecule has 0 radical (unpaired) electrons. The first-order valence-corrected chi connectivity index (χ1v) is 12.9. The molecule has 8 nitrogen and oxygen atoms in total. The van der Waals surface area contributed by atoms with Gasteiger partial charge in [-0.3, -0.25) is 0 Å². The quantitative estimate of drug-likeness (QED) is 0.374. The molecule has 1 saturated heterocycles. The number of carbonyl (C=O) groups is 1.